The number of ether oxygens (including phenoxy) is 4. The van der Waals surface area contributed by atoms with Crippen LogP contribution in [0, 0.1) is 5.92 Å². The molecule has 0 saturated carbocycles. The van der Waals surface area contributed by atoms with Gasteiger partial charge in [0.25, 0.3) is 5.60 Å². The number of benzene rings is 1. The molecule has 0 aliphatic carbocycles. The molecule has 0 unspecified atom stereocenters. The molecule has 0 aliphatic rings. The van der Waals surface area contributed by atoms with Crippen LogP contribution in [0.1, 0.15) is 25.3 Å². The predicted octanol–water partition coefficient (Wildman–Crippen LogP) is 4.22. The largest absolute Gasteiger partial charge is 0.459 e. The van der Waals surface area contributed by atoms with Gasteiger partial charge in [0.1, 0.15) is 6.10 Å². The van der Waals surface area contributed by atoms with Crippen LogP contribution in [0.3, 0.4) is 0 Å². The highest BCUT2D eigenvalue weighted by Gasteiger charge is 2.64. The molecular weight excluding hydrogens is 377 g/mol. The van der Waals surface area contributed by atoms with Crippen molar-refractivity contribution in [3.8, 4) is 0 Å². The van der Waals surface area contributed by atoms with Gasteiger partial charge in [-0.2, -0.15) is 13.2 Å². The lowest BCUT2D eigenvalue weighted by molar-refractivity contribution is -0.279. The van der Waals surface area contributed by atoms with Crippen molar-refractivity contribution in [2.75, 3.05) is 21.3 Å². The molecule has 0 amide bonds. The molecule has 1 aromatic carbocycles. The van der Waals surface area contributed by atoms with Crippen LogP contribution in [0.25, 0.3) is 0 Å². The van der Waals surface area contributed by atoms with Crippen molar-refractivity contribution < 1.29 is 36.9 Å². The van der Waals surface area contributed by atoms with E-state index >= 15 is 0 Å². The highest BCUT2D eigenvalue weighted by Crippen LogP contribution is 2.43. The Kier molecular flexibility index (Phi) is 9.13. The number of methoxy groups -OCH3 is 3. The normalized spacial score (nSPS) is 16.3. The second-order valence-electron chi connectivity index (χ2n) is 6.27. The van der Waals surface area contributed by atoms with Gasteiger partial charge in [-0.1, -0.05) is 43.3 Å². The first-order chi connectivity index (χ1) is 13.2. The number of carbonyl (C=O) groups excluding carboxylic acids is 1. The van der Waals surface area contributed by atoms with Crippen LogP contribution in [0.15, 0.2) is 43.0 Å². The number of esters is 1. The molecule has 0 fully saturated rings. The number of rotatable bonds is 11. The van der Waals surface area contributed by atoms with Gasteiger partial charge >= 0.3 is 12.1 Å². The zero-order valence-corrected chi connectivity index (χ0v) is 16.5. The van der Waals surface area contributed by atoms with Crippen LogP contribution in [0.5, 0.6) is 0 Å². The number of halogens is 3. The maximum atomic E-state index is 14.0. The molecular formula is C20H27F3O5. The first-order valence-corrected chi connectivity index (χ1v) is 8.74. The first-order valence-electron chi connectivity index (χ1n) is 8.74. The quantitative estimate of drug-likeness (QED) is 0.314. The van der Waals surface area contributed by atoms with Crippen LogP contribution in [-0.4, -0.2) is 45.9 Å². The molecule has 3 atom stereocenters. The van der Waals surface area contributed by atoms with Crippen LogP contribution < -0.4 is 0 Å². The third-order valence-corrected chi connectivity index (χ3v) is 4.60. The lowest BCUT2D eigenvalue weighted by Gasteiger charge is -2.34. The van der Waals surface area contributed by atoms with E-state index in [1.807, 2.05) is 0 Å². The highest BCUT2D eigenvalue weighted by atomic mass is 19.4. The minimum Gasteiger partial charge on any atom is -0.459 e. The fourth-order valence-electron chi connectivity index (χ4n) is 2.82. The first kappa shape index (κ1) is 24.1. The van der Waals surface area contributed by atoms with Gasteiger partial charge in [0.15, 0.2) is 6.29 Å². The van der Waals surface area contributed by atoms with Crippen molar-refractivity contribution in [2.24, 2.45) is 5.92 Å². The van der Waals surface area contributed by atoms with E-state index < -0.39 is 36.1 Å². The molecule has 158 valence electrons. The van der Waals surface area contributed by atoms with Gasteiger partial charge in [-0.15, -0.1) is 6.58 Å². The van der Waals surface area contributed by atoms with Crippen molar-refractivity contribution in [3.63, 3.8) is 0 Å². The maximum absolute atomic E-state index is 14.0. The highest BCUT2D eigenvalue weighted by molar-refractivity contribution is 5.82. The molecule has 0 saturated heterocycles. The van der Waals surface area contributed by atoms with Gasteiger partial charge in [-0.3, -0.25) is 0 Å². The lowest BCUT2D eigenvalue weighted by atomic mass is 9.92. The number of alkyl halides is 3. The molecule has 28 heavy (non-hydrogen) atoms. The van der Waals surface area contributed by atoms with E-state index in [0.29, 0.717) is 6.42 Å². The standard InChI is InChI=1S/C20H27F3O5/c1-6-14(2)16(12-13-17(25-3)26-4)28-18(24)19(27-5,20(21,22)23)15-10-8-7-9-11-15/h6-11,14,16-17H,1,12-13H2,2-5H3/t14-,16+,19+/m1/s1. The monoisotopic (exact) mass is 404 g/mol. The van der Waals surface area contributed by atoms with Crippen molar-refractivity contribution in [2.45, 2.75) is 43.9 Å². The molecule has 0 aliphatic heterocycles. The summed E-state index contributed by atoms with van der Waals surface area (Å²) >= 11 is 0. The summed E-state index contributed by atoms with van der Waals surface area (Å²) in [6.45, 7) is 5.34. The maximum Gasteiger partial charge on any atom is 0.432 e. The van der Waals surface area contributed by atoms with Crippen molar-refractivity contribution in [1.82, 2.24) is 0 Å². The average Bonchev–Trinajstić information content (AvgIpc) is 2.67. The molecule has 0 bridgehead atoms. The van der Waals surface area contributed by atoms with E-state index in [-0.39, 0.29) is 12.0 Å². The van der Waals surface area contributed by atoms with E-state index in [1.54, 1.807) is 13.0 Å². The zero-order chi connectivity index (χ0) is 21.4. The summed E-state index contributed by atoms with van der Waals surface area (Å²) in [5.41, 5.74) is -3.58. The Morgan fingerprint density at radius 1 is 1.11 bits per heavy atom. The van der Waals surface area contributed by atoms with Gasteiger partial charge in [-0.05, 0) is 6.42 Å². The van der Waals surface area contributed by atoms with E-state index in [2.05, 4.69) is 6.58 Å². The topological polar surface area (TPSA) is 54.0 Å². The molecule has 8 heteroatoms. The van der Waals surface area contributed by atoms with E-state index in [0.717, 1.165) is 7.11 Å². The second-order valence-corrected chi connectivity index (χ2v) is 6.27. The minimum absolute atomic E-state index is 0.220. The number of carbonyl (C=O) groups is 1. The van der Waals surface area contributed by atoms with E-state index in [1.165, 1.54) is 44.6 Å². The third kappa shape index (κ3) is 5.33. The summed E-state index contributed by atoms with van der Waals surface area (Å²) in [4.78, 5) is 12.8. The van der Waals surface area contributed by atoms with Crippen LogP contribution in [0.4, 0.5) is 13.2 Å². The Hall–Kier alpha value is -1.90. The van der Waals surface area contributed by atoms with Crippen molar-refractivity contribution in [1.29, 1.82) is 0 Å². The third-order valence-electron chi connectivity index (χ3n) is 4.60. The predicted molar refractivity (Wildman–Crippen MR) is 97.5 cm³/mol. The van der Waals surface area contributed by atoms with Gasteiger partial charge in [0.05, 0.1) is 0 Å². The molecule has 0 radical (unpaired) electrons. The molecule has 0 aromatic heterocycles. The van der Waals surface area contributed by atoms with Crippen LogP contribution >= 0.6 is 0 Å². The summed E-state index contributed by atoms with van der Waals surface area (Å²) in [7, 11) is 3.72. The fraction of sp³-hybridized carbons (Fsp3) is 0.550. The number of hydrogen-bond donors (Lipinski definition) is 0. The Bertz CT molecular complexity index is 616. The SMILES string of the molecule is C=C[C@@H](C)[C@H](CCC(OC)OC)OC(=O)[C@@](OC)(c1ccccc1)C(F)(F)F. The summed E-state index contributed by atoms with van der Waals surface area (Å²) in [6.07, 6.45) is -4.40. The molecule has 5 nitrogen and oxygen atoms in total. The van der Waals surface area contributed by atoms with E-state index in [4.69, 9.17) is 18.9 Å². The smallest absolute Gasteiger partial charge is 0.432 e. The Morgan fingerprint density at radius 3 is 2.11 bits per heavy atom. The lowest BCUT2D eigenvalue weighted by Crippen LogP contribution is -2.52. The van der Waals surface area contributed by atoms with Crippen LogP contribution in [0.2, 0.25) is 0 Å². The minimum atomic E-state index is -5.02. The summed E-state index contributed by atoms with van der Waals surface area (Å²) in [5, 5.41) is 0. The Labute approximate surface area is 163 Å². The van der Waals surface area contributed by atoms with Crippen LogP contribution in [-0.2, 0) is 29.3 Å². The number of hydrogen-bond acceptors (Lipinski definition) is 5. The zero-order valence-electron chi connectivity index (χ0n) is 16.5. The van der Waals surface area contributed by atoms with Crippen molar-refractivity contribution in [3.05, 3.63) is 48.6 Å². The van der Waals surface area contributed by atoms with E-state index in [9.17, 15) is 18.0 Å². The molecule has 0 N–H and O–H groups in total. The van der Waals surface area contributed by atoms with Gasteiger partial charge in [0.2, 0.25) is 0 Å². The Morgan fingerprint density at radius 2 is 1.68 bits per heavy atom. The summed E-state index contributed by atoms with van der Waals surface area (Å²) < 4.78 is 62.2. The molecule has 0 spiro atoms. The molecule has 0 heterocycles. The van der Waals surface area contributed by atoms with Crippen molar-refractivity contribution >= 4 is 5.97 Å². The summed E-state index contributed by atoms with van der Waals surface area (Å²) in [6, 6.07) is 6.69. The fourth-order valence-corrected chi connectivity index (χ4v) is 2.82. The van der Waals surface area contributed by atoms with Gasteiger partial charge in [-0.25, -0.2) is 4.79 Å². The summed E-state index contributed by atoms with van der Waals surface area (Å²) in [5.74, 6) is -1.92. The molecule has 1 rings (SSSR count). The second kappa shape index (κ2) is 10.6. The Balaban J connectivity index is 3.20. The molecule has 1 aromatic rings. The van der Waals surface area contributed by atoms with Gasteiger partial charge in [0, 0.05) is 39.2 Å². The average molecular weight is 404 g/mol. The van der Waals surface area contributed by atoms with Gasteiger partial charge < -0.3 is 18.9 Å².